The molecule has 7 nitrogen and oxygen atoms in total. The number of hydrogen-bond donors (Lipinski definition) is 1. The average Bonchev–Trinajstić information content (AvgIpc) is 2.90. The van der Waals surface area contributed by atoms with Crippen LogP contribution < -0.4 is 19.1 Å². The van der Waals surface area contributed by atoms with Crippen molar-refractivity contribution in [3.05, 3.63) is 106 Å². The lowest BCUT2D eigenvalue weighted by Crippen LogP contribution is -2.38. The minimum Gasteiger partial charge on any atom is -0.493 e. The number of carbonyl (C=O) groups excluding carboxylic acids is 1. The maximum absolute atomic E-state index is 13.6. The van der Waals surface area contributed by atoms with Crippen LogP contribution in [-0.4, -0.2) is 28.0 Å². The van der Waals surface area contributed by atoms with Gasteiger partial charge in [-0.2, -0.15) is 0 Å². The van der Waals surface area contributed by atoms with E-state index in [9.17, 15) is 13.2 Å². The number of sulfonamides is 1. The van der Waals surface area contributed by atoms with Gasteiger partial charge in [0.05, 0.1) is 28.4 Å². The smallest absolute Gasteiger partial charge is 0.264 e. The molecule has 0 aliphatic carbocycles. The van der Waals surface area contributed by atoms with Crippen LogP contribution in [-0.2, 0) is 14.8 Å². The highest BCUT2D eigenvalue weighted by Crippen LogP contribution is 2.37. The Morgan fingerprint density at radius 2 is 1.45 bits per heavy atom. The van der Waals surface area contributed by atoms with Gasteiger partial charge in [-0.1, -0.05) is 65.1 Å². The number of hydrogen-bond acceptors (Lipinski definition) is 5. The summed E-state index contributed by atoms with van der Waals surface area (Å²) in [5.41, 5.74) is 0.319. The molecule has 1 N–H and O–H groups in total. The van der Waals surface area contributed by atoms with E-state index in [0.29, 0.717) is 21.5 Å². The Morgan fingerprint density at radius 1 is 0.816 bits per heavy atom. The highest BCUT2D eigenvalue weighted by Gasteiger charge is 2.29. The molecular formula is C27H21Cl3N2O5S. The second-order valence-corrected chi connectivity index (χ2v) is 11.0. The zero-order valence-electron chi connectivity index (χ0n) is 19.9. The summed E-state index contributed by atoms with van der Waals surface area (Å²) < 4.78 is 39.4. The van der Waals surface area contributed by atoms with Crippen LogP contribution in [0.25, 0.3) is 0 Å². The van der Waals surface area contributed by atoms with Crippen LogP contribution >= 0.6 is 34.8 Å². The SMILES string of the molecule is COc1ccccc1Oc1ccc(Cl)cc1NC(=O)CN(c1ccc(Cl)cc1Cl)S(=O)(=O)c1ccccc1. The van der Waals surface area contributed by atoms with Crippen LogP contribution in [0, 0.1) is 0 Å². The van der Waals surface area contributed by atoms with E-state index in [1.807, 2.05) is 0 Å². The summed E-state index contributed by atoms with van der Waals surface area (Å²) in [4.78, 5) is 13.3. The molecule has 196 valence electrons. The van der Waals surface area contributed by atoms with Gasteiger partial charge in [0.2, 0.25) is 5.91 Å². The zero-order valence-corrected chi connectivity index (χ0v) is 23.0. The van der Waals surface area contributed by atoms with Crippen molar-refractivity contribution in [3.8, 4) is 17.2 Å². The summed E-state index contributed by atoms with van der Waals surface area (Å²) in [7, 11) is -2.67. The molecule has 11 heteroatoms. The maximum atomic E-state index is 13.6. The van der Waals surface area contributed by atoms with Crippen molar-refractivity contribution in [1.29, 1.82) is 0 Å². The largest absolute Gasteiger partial charge is 0.493 e. The van der Waals surface area contributed by atoms with Gasteiger partial charge in [-0.25, -0.2) is 8.42 Å². The predicted octanol–water partition coefficient (Wildman–Crippen LogP) is 7.28. The second kappa shape index (κ2) is 12.0. The van der Waals surface area contributed by atoms with Crippen molar-refractivity contribution in [3.63, 3.8) is 0 Å². The molecule has 4 aromatic rings. The summed E-state index contributed by atoms with van der Waals surface area (Å²) in [5.74, 6) is 0.503. The number of amides is 1. The normalized spacial score (nSPS) is 11.1. The molecule has 0 heterocycles. The highest BCUT2D eigenvalue weighted by atomic mass is 35.5. The molecule has 0 bridgehead atoms. The number of para-hydroxylation sites is 2. The third kappa shape index (κ3) is 6.34. The van der Waals surface area contributed by atoms with Crippen molar-refractivity contribution in [2.75, 3.05) is 23.3 Å². The molecule has 0 aliphatic rings. The van der Waals surface area contributed by atoms with Gasteiger partial charge in [0.15, 0.2) is 17.2 Å². The molecule has 0 spiro atoms. The van der Waals surface area contributed by atoms with E-state index >= 15 is 0 Å². The highest BCUT2D eigenvalue weighted by molar-refractivity contribution is 7.92. The van der Waals surface area contributed by atoms with Gasteiger partial charge < -0.3 is 14.8 Å². The topological polar surface area (TPSA) is 84.9 Å². The maximum Gasteiger partial charge on any atom is 0.264 e. The first-order chi connectivity index (χ1) is 18.2. The molecule has 0 saturated heterocycles. The van der Waals surface area contributed by atoms with Crippen LogP contribution in [0.1, 0.15) is 0 Å². The van der Waals surface area contributed by atoms with Gasteiger partial charge in [-0.05, 0) is 60.7 Å². The minimum atomic E-state index is -4.18. The standard InChI is InChI=1S/C27H21Cl3N2O5S/c1-36-25-9-5-6-10-26(25)37-24-14-12-19(29)16-22(24)31-27(33)17-32(23-13-11-18(28)15-21(23)30)38(34,35)20-7-3-2-4-8-20/h2-16H,17H2,1H3,(H,31,33). The molecule has 38 heavy (non-hydrogen) atoms. The van der Waals surface area contributed by atoms with E-state index in [4.69, 9.17) is 44.3 Å². The van der Waals surface area contributed by atoms with Gasteiger partial charge in [0.25, 0.3) is 10.0 Å². The number of ether oxygens (including phenoxy) is 2. The molecule has 0 fully saturated rings. The van der Waals surface area contributed by atoms with Crippen molar-refractivity contribution >= 4 is 62.1 Å². The number of carbonyl (C=O) groups is 1. The molecule has 4 rings (SSSR count). The first-order valence-corrected chi connectivity index (χ1v) is 13.7. The van der Waals surface area contributed by atoms with Crippen molar-refractivity contribution in [2.45, 2.75) is 4.90 Å². The quantitative estimate of drug-likeness (QED) is 0.221. The Hall–Kier alpha value is -3.43. The van der Waals surface area contributed by atoms with Crippen molar-refractivity contribution < 1.29 is 22.7 Å². The number of nitrogens with one attached hydrogen (secondary N) is 1. The van der Waals surface area contributed by atoms with Crippen molar-refractivity contribution in [2.24, 2.45) is 0 Å². The fraction of sp³-hybridized carbons (Fsp3) is 0.0741. The summed E-state index contributed by atoms with van der Waals surface area (Å²) in [6, 6.07) is 23.7. The lowest BCUT2D eigenvalue weighted by atomic mass is 10.2. The van der Waals surface area contributed by atoms with E-state index in [1.54, 1.807) is 54.6 Å². The lowest BCUT2D eigenvalue weighted by molar-refractivity contribution is -0.114. The number of halogens is 3. The van der Waals surface area contributed by atoms with E-state index in [-0.39, 0.29) is 27.0 Å². The summed E-state index contributed by atoms with van der Waals surface area (Å²) in [5, 5.41) is 3.41. The molecule has 0 saturated carbocycles. The summed E-state index contributed by atoms with van der Waals surface area (Å²) in [6.07, 6.45) is 0. The van der Waals surface area contributed by atoms with E-state index in [2.05, 4.69) is 5.32 Å². The molecule has 4 aromatic carbocycles. The second-order valence-electron chi connectivity index (χ2n) is 7.86. The number of rotatable bonds is 9. The number of benzene rings is 4. The third-order valence-corrected chi connectivity index (χ3v) is 7.85. The first-order valence-electron chi connectivity index (χ1n) is 11.1. The van der Waals surface area contributed by atoms with Gasteiger partial charge in [0, 0.05) is 10.0 Å². The van der Waals surface area contributed by atoms with E-state index in [0.717, 1.165) is 4.31 Å². The fourth-order valence-electron chi connectivity index (χ4n) is 3.53. The molecule has 0 aliphatic heterocycles. The number of nitrogens with zero attached hydrogens (tertiary/aromatic N) is 1. The Kier molecular flexibility index (Phi) is 8.69. The molecule has 1 amide bonds. The van der Waals surface area contributed by atoms with Crippen LogP contribution in [0.2, 0.25) is 15.1 Å². The monoisotopic (exact) mass is 590 g/mol. The van der Waals surface area contributed by atoms with Crippen LogP contribution in [0.5, 0.6) is 17.2 Å². The first kappa shape index (κ1) is 27.6. The van der Waals surface area contributed by atoms with Crippen LogP contribution in [0.3, 0.4) is 0 Å². The predicted molar refractivity (Wildman–Crippen MR) is 151 cm³/mol. The Bertz CT molecular complexity index is 1570. The molecule has 0 radical (unpaired) electrons. The minimum absolute atomic E-state index is 0.0123. The zero-order chi connectivity index (χ0) is 27.3. The van der Waals surface area contributed by atoms with Crippen LogP contribution in [0.4, 0.5) is 11.4 Å². The fourth-order valence-corrected chi connectivity index (χ4v) is 5.73. The van der Waals surface area contributed by atoms with Crippen LogP contribution in [0.15, 0.2) is 95.9 Å². The van der Waals surface area contributed by atoms with E-state index in [1.165, 1.54) is 43.5 Å². The number of anilines is 2. The van der Waals surface area contributed by atoms with Gasteiger partial charge in [0.1, 0.15) is 6.54 Å². The Labute approximate surface area is 235 Å². The van der Waals surface area contributed by atoms with Gasteiger partial charge in [-0.3, -0.25) is 9.10 Å². The molecule has 0 unspecified atom stereocenters. The molecule has 0 aromatic heterocycles. The lowest BCUT2D eigenvalue weighted by Gasteiger charge is -2.25. The van der Waals surface area contributed by atoms with Gasteiger partial charge >= 0.3 is 0 Å². The Balaban J connectivity index is 1.67. The Morgan fingerprint density at radius 3 is 2.13 bits per heavy atom. The van der Waals surface area contributed by atoms with Gasteiger partial charge in [-0.15, -0.1) is 0 Å². The summed E-state index contributed by atoms with van der Waals surface area (Å²) in [6.45, 7) is -0.598. The molecular weight excluding hydrogens is 571 g/mol. The molecule has 0 atom stereocenters. The number of methoxy groups -OCH3 is 1. The summed E-state index contributed by atoms with van der Waals surface area (Å²) >= 11 is 18.6. The average molecular weight is 592 g/mol. The van der Waals surface area contributed by atoms with E-state index < -0.39 is 22.5 Å². The van der Waals surface area contributed by atoms with Crippen molar-refractivity contribution in [1.82, 2.24) is 0 Å². The third-order valence-electron chi connectivity index (χ3n) is 5.30.